The highest BCUT2D eigenvalue weighted by atomic mass is 16.5. The van der Waals surface area contributed by atoms with Gasteiger partial charge in [-0.2, -0.15) is 0 Å². The molecule has 3 aromatic rings. The molecule has 1 amide bonds. The molecule has 1 aliphatic carbocycles. The van der Waals surface area contributed by atoms with Gasteiger partial charge in [0.2, 0.25) is 0 Å². The van der Waals surface area contributed by atoms with Crippen molar-refractivity contribution in [3.63, 3.8) is 0 Å². The van der Waals surface area contributed by atoms with Gasteiger partial charge >= 0.3 is 0 Å². The third kappa shape index (κ3) is 4.00. The lowest BCUT2D eigenvalue weighted by Crippen LogP contribution is -2.36. The number of carbonyl (C=O) groups excluding carboxylic acids is 1. The summed E-state index contributed by atoms with van der Waals surface area (Å²) in [7, 11) is 0. The minimum absolute atomic E-state index is 0.0310. The molecule has 1 N–H and O–H groups in total. The van der Waals surface area contributed by atoms with E-state index in [4.69, 9.17) is 13.9 Å². The van der Waals surface area contributed by atoms with Gasteiger partial charge in [0.15, 0.2) is 6.61 Å². The molecule has 2 aromatic carbocycles. The smallest absolute Gasteiger partial charge is 0.262 e. The highest BCUT2D eigenvalue weighted by Crippen LogP contribution is 2.34. The van der Waals surface area contributed by atoms with Crippen LogP contribution in [0.25, 0.3) is 11.0 Å². The summed E-state index contributed by atoms with van der Waals surface area (Å²) < 4.78 is 17.1. The maximum Gasteiger partial charge on any atom is 0.262 e. The molecule has 0 saturated carbocycles. The van der Waals surface area contributed by atoms with Gasteiger partial charge in [-0.1, -0.05) is 0 Å². The molecular weight excluding hydrogens is 380 g/mol. The van der Waals surface area contributed by atoms with E-state index >= 15 is 0 Å². The van der Waals surface area contributed by atoms with Gasteiger partial charge in [-0.25, -0.2) is 0 Å². The Morgan fingerprint density at radius 2 is 1.83 bits per heavy atom. The maximum absolute atomic E-state index is 12.3. The molecule has 0 bridgehead atoms. The first kappa shape index (κ1) is 19.0. The van der Waals surface area contributed by atoms with Crippen molar-refractivity contribution in [3.05, 3.63) is 53.8 Å². The SMILES string of the molecule is O=C(COc1ccc2oc3c(c2c1)CCCC3)Nc1ccc(N2CCOCC2)cc1. The predicted molar refractivity (Wildman–Crippen MR) is 116 cm³/mol. The number of amides is 1. The summed E-state index contributed by atoms with van der Waals surface area (Å²) in [5.74, 6) is 1.62. The van der Waals surface area contributed by atoms with Crippen molar-refractivity contribution >= 4 is 28.3 Å². The number of hydrogen-bond acceptors (Lipinski definition) is 5. The zero-order valence-electron chi connectivity index (χ0n) is 17.0. The van der Waals surface area contributed by atoms with Gasteiger partial charge < -0.3 is 24.1 Å². The second-order valence-electron chi connectivity index (χ2n) is 7.85. The Morgan fingerprint density at radius 3 is 2.67 bits per heavy atom. The lowest BCUT2D eigenvalue weighted by molar-refractivity contribution is -0.118. The summed E-state index contributed by atoms with van der Waals surface area (Å²) >= 11 is 0. The zero-order chi connectivity index (χ0) is 20.3. The number of morpholine rings is 1. The zero-order valence-corrected chi connectivity index (χ0v) is 17.0. The minimum atomic E-state index is -0.177. The molecule has 2 heterocycles. The van der Waals surface area contributed by atoms with E-state index in [9.17, 15) is 4.79 Å². The quantitative estimate of drug-likeness (QED) is 0.689. The Morgan fingerprint density at radius 1 is 1.03 bits per heavy atom. The number of furan rings is 1. The molecule has 6 nitrogen and oxygen atoms in total. The van der Waals surface area contributed by atoms with Crippen LogP contribution in [-0.4, -0.2) is 38.8 Å². The van der Waals surface area contributed by atoms with Gasteiger partial charge in [-0.05, 0) is 61.7 Å². The van der Waals surface area contributed by atoms with Crippen LogP contribution >= 0.6 is 0 Å². The van der Waals surface area contributed by atoms with Crippen molar-refractivity contribution < 1.29 is 18.7 Å². The average molecular weight is 406 g/mol. The van der Waals surface area contributed by atoms with Crippen molar-refractivity contribution in [3.8, 4) is 5.75 Å². The van der Waals surface area contributed by atoms with Crippen molar-refractivity contribution in [2.75, 3.05) is 43.1 Å². The highest BCUT2D eigenvalue weighted by molar-refractivity contribution is 5.92. The molecule has 156 valence electrons. The third-order valence-electron chi connectivity index (χ3n) is 5.82. The van der Waals surface area contributed by atoms with Gasteiger partial charge in [-0.3, -0.25) is 4.79 Å². The normalized spacial score (nSPS) is 16.3. The first-order chi connectivity index (χ1) is 14.8. The lowest BCUT2D eigenvalue weighted by atomic mass is 9.96. The van der Waals surface area contributed by atoms with E-state index in [0.717, 1.165) is 67.2 Å². The highest BCUT2D eigenvalue weighted by Gasteiger charge is 2.18. The van der Waals surface area contributed by atoms with E-state index in [-0.39, 0.29) is 12.5 Å². The number of fused-ring (bicyclic) bond motifs is 3. The number of nitrogens with one attached hydrogen (secondary N) is 1. The second kappa shape index (κ2) is 8.40. The van der Waals surface area contributed by atoms with Crippen LogP contribution in [0.5, 0.6) is 5.75 Å². The molecule has 2 aliphatic rings. The first-order valence-corrected chi connectivity index (χ1v) is 10.7. The molecule has 5 rings (SSSR count). The van der Waals surface area contributed by atoms with Crippen molar-refractivity contribution in [2.45, 2.75) is 25.7 Å². The van der Waals surface area contributed by atoms with Crippen LogP contribution in [0.3, 0.4) is 0 Å². The van der Waals surface area contributed by atoms with Crippen LogP contribution in [-0.2, 0) is 22.4 Å². The van der Waals surface area contributed by atoms with E-state index in [2.05, 4.69) is 10.2 Å². The van der Waals surface area contributed by atoms with Gasteiger partial charge in [0.1, 0.15) is 17.1 Å². The van der Waals surface area contributed by atoms with Crippen LogP contribution in [0.15, 0.2) is 46.9 Å². The minimum Gasteiger partial charge on any atom is -0.484 e. The standard InChI is InChI=1S/C24H26N2O4/c27-24(25-17-5-7-18(8-6-17)26-11-13-28-14-12-26)16-29-19-9-10-23-21(15-19)20-3-1-2-4-22(20)30-23/h5-10,15H,1-4,11-14,16H2,(H,25,27). The Hall–Kier alpha value is -2.99. The largest absolute Gasteiger partial charge is 0.484 e. The second-order valence-corrected chi connectivity index (χ2v) is 7.85. The molecule has 0 radical (unpaired) electrons. The Labute approximate surface area is 175 Å². The van der Waals surface area contributed by atoms with Gasteiger partial charge in [0.25, 0.3) is 5.91 Å². The van der Waals surface area contributed by atoms with E-state index in [1.165, 1.54) is 18.4 Å². The molecule has 1 saturated heterocycles. The van der Waals surface area contributed by atoms with Crippen molar-refractivity contribution in [1.82, 2.24) is 0 Å². The summed E-state index contributed by atoms with van der Waals surface area (Å²) in [6.45, 7) is 3.26. The molecule has 0 atom stereocenters. The Bertz CT molecular complexity index is 1040. The van der Waals surface area contributed by atoms with Crippen LogP contribution in [0.4, 0.5) is 11.4 Å². The summed E-state index contributed by atoms with van der Waals surface area (Å²) in [6, 6.07) is 13.7. The summed E-state index contributed by atoms with van der Waals surface area (Å²) in [4.78, 5) is 14.6. The Kier molecular flexibility index (Phi) is 5.32. The number of nitrogens with zero attached hydrogens (tertiary/aromatic N) is 1. The predicted octanol–water partition coefficient (Wildman–Crippen LogP) is 4.17. The van der Waals surface area contributed by atoms with E-state index in [0.29, 0.717) is 5.75 Å². The summed E-state index contributed by atoms with van der Waals surface area (Å²) in [5, 5.41) is 4.01. The van der Waals surface area contributed by atoms with Gasteiger partial charge in [0.05, 0.1) is 13.2 Å². The van der Waals surface area contributed by atoms with Crippen LogP contribution in [0.2, 0.25) is 0 Å². The fourth-order valence-electron chi connectivity index (χ4n) is 4.25. The van der Waals surface area contributed by atoms with Crippen molar-refractivity contribution in [2.24, 2.45) is 0 Å². The number of carbonyl (C=O) groups is 1. The Balaban J connectivity index is 1.19. The number of anilines is 2. The number of rotatable bonds is 5. The van der Waals surface area contributed by atoms with E-state index in [1.807, 2.05) is 42.5 Å². The van der Waals surface area contributed by atoms with E-state index in [1.54, 1.807) is 0 Å². The molecule has 0 unspecified atom stereocenters. The average Bonchev–Trinajstić information content (AvgIpc) is 3.17. The molecule has 30 heavy (non-hydrogen) atoms. The molecule has 1 aromatic heterocycles. The summed E-state index contributed by atoms with van der Waals surface area (Å²) in [5.41, 5.74) is 4.11. The molecule has 0 spiro atoms. The molecule has 1 fully saturated rings. The topological polar surface area (TPSA) is 63.9 Å². The third-order valence-corrected chi connectivity index (χ3v) is 5.82. The van der Waals surface area contributed by atoms with Crippen LogP contribution in [0.1, 0.15) is 24.2 Å². The van der Waals surface area contributed by atoms with E-state index < -0.39 is 0 Å². The van der Waals surface area contributed by atoms with Crippen LogP contribution < -0.4 is 15.0 Å². The number of benzene rings is 2. The number of ether oxygens (including phenoxy) is 2. The monoisotopic (exact) mass is 406 g/mol. The molecule has 1 aliphatic heterocycles. The summed E-state index contributed by atoms with van der Waals surface area (Å²) in [6.07, 6.45) is 4.43. The van der Waals surface area contributed by atoms with Crippen LogP contribution in [0, 0.1) is 0 Å². The van der Waals surface area contributed by atoms with Crippen molar-refractivity contribution in [1.29, 1.82) is 0 Å². The fourth-order valence-corrected chi connectivity index (χ4v) is 4.25. The first-order valence-electron chi connectivity index (χ1n) is 10.7. The number of aryl methyl sites for hydroxylation is 2. The maximum atomic E-state index is 12.3. The van der Waals surface area contributed by atoms with Gasteiger partial charge in [-0.15, -0.1) is 0 Å². The molecule has 6 heteroatoms. The fraction of sp³-hybridized carbons (Fsp3) is 0.375. The molecular formula is C24H26N2O4. The number of hydrogen-bond donors (Lipinski definition) is 1. The lowest BCUT2D eigenvalue weighted by Gasteiger charge is -2.28. The van der Waals surface area contributed by atoms with Gasteiger partial charge in [0, 0.05) is 41.8 Å².